The van der Waals surface area contributed by atoms with E-state index in [9.17, 15) is 0 Å². The second-order valence-electron chi connectivity index (χ2n) is 4.11. The van der Waals surface area contributed by atoms with Crippen LogP contribution in [0.5, 0.6) is 0 Å². The van der Waals surface area contributed by atoms with Crippen molar-refractivity contribution in [3.05, 3.63) is 28.2 Å². The highest BCUT2D eigenvalue weighted by Crippen LogP contribution is 2.28. The van der Waals surface area contributed by atoms with E-state index in [1.807, 2.05) is 13.8 Å². The van der Waals surface area contributed by atoms with Gasteiger partial charge in [-0.3, -0.25) is 0 Å². The maximum absolute atomic E-state index is 8.90. The largest absolute Gasteiger partial charge is 0.396 e. The summed E-state index contributed by atoms with van der Waals surface area (Å²) >= 11 is 11.9. The number of hydrogen-bond donors (Lipinski definition) is 2. The van der Waals surface area contributed by atoms with Gasteiger partial charge in [0.2, 0.25) is 0 Å². The van der Waals surface area contributed by atoms with Crippen LogP contribution in [0, 0.1) is 0 Å². The molecule has 1 aromatic carbocycles. The van der Waals surface area contributed by atoms with Gasteiger partial charge < -0.3 is 10.4 Å². The Morgan fingerprint density at radius 3 is 2.60 bits per heavy atom. The molecule has 4 heteroatoms. The van der Waals surface area contributed by atoms with Crippen LogP contribution in [0.2, 0.25) is 10.0 Å². The summed E-state index contributed by atoms with van der Waals surface area (Å²) in [7, 11) is 0. The first-order chi connectivity index (χ1) is 6.94. The second kappa shape index (κ2) is 5.06. The molecular weight excluding hydrogens is 233 g/mol. The molecule has 0 aliphatic heterocycles. The molecule has 1 aromatic rings. The molecule has 0 unspecified atom stereocenters. The average Bonchev–Trinajstić information content (AvgIpc) is 2.10. The average molecular weight is 248 g/mol. The molecule has 15 heavy (non-hydrogen) atoms. The Labute approximate surface area is 100 Å². The summed E-state index contributed by atoms with van der Waals surface area (Å²) in [5.41, 5.74) is 0.589. The SMILES string of the molecule is CC(C)(CCO)Nc1cc(Cl)ccc1Cl. The van der Waals surface area contributed by atoms with Crippen LogP contribution in [0.25, 0.3) is 0 Å². The first-order valence-electron chi connectivity index (χ1n) is 4.79. The number of aliphatic hydroxyl groups excluding tert-OH is 1. The summed E-state index contributed by atoms with van der Waals surface area (Å²) in [6, 6.07) is 5.28. The summed E-state index contributed by atoms with van der Waals surface area (Å²) in [4.78, 5) is 0. The fraction of sp³-hybridized carbons (Fsp3) is 0.455. The molecular formula is C11H15Cl2NO. The lowest BCUT2D eigenvalue weighted by molar-refractivity contribution is 0.261. The highest BCUT2D eigenvalue weighted by molar-refractivity contribution is 6.35. The van der Waals surface area contributed by atoms with E-state index in [2.05, 4.69) is 5.32 Å². The van der Waals surface area contributed by atoms with Crippen molar-refractivity contribution in [1.29, 1.82) is 0 Å². The normalized spacial score (nSPS) is 11.5. The molecule has 0 saturated heterocycles. The van der Waals surface area contributed by atoms with Crippen LogP contribution in [0.4, 0.5) is 5.69 Å². The van der Waals surface area contributed by atoms with E-state index in [1.54, 1.807) is 18.2 Å². The molecule has 0 aliphatic carbocycles. The number of anilines is 1. The van der Waals surface area contributed by atoms with Gasteiger partial charge in [0, 0.05) is 17.2 Å². The van der Waals surface area contributed by atoms with Crippen molar-refractivity contribution in [3.63, 3.8) is 0 Å². The quantitative estimate of drug-likeness (QED) is 0.853. The Morgan fingerprint density at radius 2 is 2.00 bits per heavy atom. The molecule has 0 amide bonds. The van der Waals surface area contributed by atoms with E-state index < -0.39 is 0 Å². The van der Waals surface area contributed by atoms with Crippen LogP contribution in [0.15, 0.2) is 18.2 Å². The summed E-state index contributed by atoms with van der Waals surface area (Å²) in [5, 5.41) is 13.4. The zero-order chi connectivity index (χ0) is 11.5. The van der Waals surface area contributed by atoms with Crippen molar-refractivity contribution >= 4 is 28.9 Å². The minimum atomic E-state index is -0.205. The lowest BCUT2D eigenvalue weighted by atomic mass is 10.0. The number of benzene rings is 1. The number of halogens is 2. The molecule has 0 aliphatic rings. The van der Waals surface area contributed by atoms with Gasteiger partial charge in [-0.25, -0.2) is 0 Å². The van der Waals surface area contributed by atoms with Gasteiger partial charge in [0.15, 0.2) is 0 Å². The van der Waals surface area contributed by atoms with E-state index in [0.29, 0.717) is 16.5 Å². The van der Waals surface area contributed by atoms with Crippen LogP contribution in [0.1, 0.15) is 20.3 Å². The molecule has 2 N–H and O–H groups in total. The predicted octanol–water partition coefficient (Wildman–Crippen LogP) is 3.57. The molecule has 0 atom stereocenters. The number of aliphatic hydroxyl groups is 1. The van der Waals surface area contributed by atoms with Crippen LogP contribution >= 0.6 is 23.2 Å². The van der Waals surface area contributed by atoms with Crippen molar-refractivity contribution in [1.82, 2.24) is 0 Å². The van der Waals surface area contributed by atoms with E-state index in [-0.39, 0.29) is 12.1 Å². The Morgan fingerprint density at radius 1 is 1.33 bits per heavy atom. The molecule has 2 nitrogen and oxygen atoms in total. The maximum atomic E-state index is 8.90. The lowest BCUT2D eigenvalue weighted by Gasteiger charge is -2.27. The molecule has 1 rings (SSSR count). The van der Waals surface area contributed by atoms with Gasteiger partial charge in [-0.05, 0) is 38.5 Å². The second-order valence-corrected chi connectivity index (χ2v) is 4.95. The van der Waals surface area contributed by atoms with Crippen LogP contribution < -0.4 is 5.32 Å². The van der Waals surface area contributed by atoms with Crippen LogP contribution in [0.3, 0.4) is 0 Å². The van der Waals surface area contributed by atoms with E-state index in [4.69, 9.17) is 28.3 Å². The van der Waals surface area contributed by atoms with Gasteiger partial charge in [-0.15, -0.1) is 0 Å². The summed E-state index contributed by atoms with van der Waals surface area (Å²) < 4.78 is 0. The van der Waals surface area contributed by atoms with Gasteiger partial charge in [0.1, 0.15) is 0 Å². The molecule has 0 heterocycles. The number of hydrogen-bond acceptors (Lipinski definition) is 2. The summed E-state index contributed by atoms with van der Waals surface area (Å²) in [6.07, 6.45) is 0.649. The minimum Gasteiger partial charge on any atom is -0.396 e. The zero-order valence-electron chi connectivity index (χ0n) is 8.85. The highest BCUT2D eigenvalue weighted by Gasteiger charge is 2.17. The van der Waals surface area contributed by atoms with E-state index in [0.717, 1.165) is 5.69 Å². The van der Waals surface area contributed by atoms with Crippen molar-refractivity contribution in [2.75, 3.05) is 11.9 Å². The number of nitrogens with one attached hydrogen (secondary N) is 1. The minimum absolute atomic E-state index is 0.137. The van der Waals surface area contributed by atoms with Gasteiger partial charge in [-0.1, -0.05) is 23.2 Å². The Hall–Kier alpha value is -0.440. The Kier molecular flexibility index (Phi) is 4.26. The maximum Gasteiger partial charge on any atom is 0.0638 e. The molecule has 0 radical (unpaired) electrons. The molecule has 0 spiro atoms. The smallest absolute Gasteiger partial charge is 0.0638 e. The Bertz CT molecular complexity index is 339. The molecule has 0 aromatic heterocycles. The fourth-order valence-electron chi connectivity index (χ4n) is 1.30. The summed E-state index contributed by atoms with van der Waals surface area (Å²) in [6.45, 7) is 4.14. The molecule has 0 fully saturated rings. The first kappa shape index (κ1) is 12.6. The van der Waals surface area contributed by atoms with Crippen LogP contribution in [-0.4, -0.2) is 17.3 Å². The third kappa shape index (κ3) is 3.90. The monoisotopic (exact) mass is 247 g/mol. The fourth-order valence-corrected chi connectivity index (χ4v) is 1.64. The van der Waals surface area contributed by atoms with Crippen molar-refractivity contribution < 1.29 is 5.11 Å². The van der Waals surface area contributed by atoms with Gasteiger partial charge in [-0.2, -0.15) is 0 Å². The molecule has 0 saturated carbocycles. The van der Waals surface area contributed by atoms with Crippen molar-refractivity contribution in [2.24, 2.45) is 0 Å². The number of rotatable bonds is 4. The zero-order valence-corrected chi connectivity index (χ0v) is 10.4. The summed E-state index contributed by atoms with van der Waals surface area (Å²) in [5.74, 6) is 0. The van der Waals surface area contributed by atoms with Crippen molar-refractivity contribution in [3.8, 4) is 0 Å². The lowest BCUT2D eigenvalue weighted by Crippen LogP contribution is -2.32. The topological polar surface area (TPSA) is 32.3 Å². The Balaban J connectivity index is 2.83. The predicted molar refractivity (Wildman–Crippen MR) is 65.9 cm³/mol. The van der Waals surface area contributed by atoms with Gasteiger partial charge >= 0.3 is 0 Å². The van der Waals surface area contributed by atoms with Gasteiger partial charge in [0.05, 0.1) is 10.7 Å². The third-order valence-corrected chi connectivity index (χ3v) is 2.70. The third-order valence-electron chi connectivity index (χ3n) is 2.14. The standard InChI is InChI=1S/C11H15Cl2NO/c1-11(2,5-6-15)14-10-7-8(12)3-4-9(10)13/h3-4,7,14-15H,5-6H2,1-2H3. The van der Waals surface area contributed by atoms with E-state index in [1.165, 1.54) is 0 Å². The van der Waals surface area contributed by atoms with Crippen molar-refractivity contribution in [2.45, 2.75) is 25.8 Å². The van der Waals surface area contributed by atoms with Crippen LogP contribution in [-0.2, 0) is 0 Å². The van der Waals surface area contributed by atoms with Gasteiger partial charge in [0.25, 0.3) is 0 Å². The van der Waals surface area contributed by atoms with E-state index >= 15 is 0 Å². The molecule has 84 valence electrons. The highest BCUT2D eigenvalue weighted by atomic mass is 35.5. The first-order valence-corrected chi connectivity index (χ1v) is 5.54. The molecule has 0 bridgehead atoms.